The first kappa shape index (κ1) is 12.8. The van der Waals surface area contributed by atoms with Gasteiger partial charge in [-0.2, -0.15) is 0 Å². The Hall–Kier alpha value is -2.20. The van der Waals surface area contributed by atoms with Gasteiger partial charge < -0.3 is 9.84 Å². The highest BCUT2D eigenvalue weighted by Gasteiger charge is 2.11. The van der Waals surface area contributed by atoms with Crippen LogP contribution in [0.3, 0.4) is 0 Å². The van der Waals surface area contributed by atoms with E-state index in [0.717, 1.165) is 29.7 Å². The van der Waals surface area contributed by atoms with Crippen LogP contribution in [0.1, 0.15) is 16.7 Å². The second kappa shape index (κ2) is 5.43. The zero-order valence-corrected chi connectivity index (χ0v) is 11.0. The van der Waals surface area contributed by atoms with Crippen molar-refractivity contribution in [2.24, 2.45) is 0 Å². The monoisotopic (exact) mass is 269 g/mol. The number of benzene rings is 1. The summed E-state index contributed by atoms with van der Waals surface area (Å²) in [6, 6.07) is 8.16. The van der Waals surface area contributed by atoms with Crippen molar-refractivity contribution < 1.29 is 14.6 Å². The average Bonchev–Trinajstić information content (AvgIpc) is 2.46. The first-order chi connectivity index (χ1) is 9.72. The molecule has 102 valence electrons. The van der Waals surface area contributed by atoms with Crippen molar-refractivity contribution in [2.45, 2.75) is 19.4 Å². The fourth-order valence-corrected chi connectivity index (χ4v) is 2.46. The molecule has 0 bridgehead atoms. The number of nitrogens with zero attached hydrogens (tertiary/aromatic N) is 1. The topological polar surface area (TPSA) is 59.4 Å². The number of rotatable bonds is 3. The van der Waals surface area contributed by atoms with Crippen LogP contribution in [0.4, 0.5) is 0 Å². The highest BCUT2D eigenvalue weighted by Crippen LogP contribution is 2.25. The Morgan fingerprint density at radius 2 is 2.10 bits per heavy atom. The maximum absolute atomic E-state index is 10.8. The second-order valence-corrected chi connectivity index (χ2v) is 4.94. The van der Waals surface area contributed by atoms with Gasteiger partial charge in [0.15, 0.2) is 0 Å². The molecule has 4 nitrogen and oxygen atoms in total. The van der Waals surface area contributed by atoms with Gasteiger partial charge in [-0.1, -0.05) is 18.2 Å². The van der Waals surface area contributed by atoms with E-state index in [2.05, 4.69) is 17.1 Å². The van der Waals surface area contributed by atoms with E-state index in [1.807, 2.05) is 12.1 Å². The van der Waals surface area contributed by atoms with Gasteiger partial charge in [0.1, 0.15) is 0 Å². The molecule has 2 aromatic rings. The van der Waals surface area contributed by atoms with Crippen molar-refractivity contribution in [3.8, 4) is 11.1 Å². The summed E-state index contributed by atoms with van der Waals surface area (Å²) in [5, 5.41) is 8.84. The van der Waals surface area contributed by atoms with Gasteiger partial charge in [0.2, 0.25) is 0 Å². The highest BCUT2D eigenvalue weighted by atomic mass is 16.5. The molecule has 0 saturated heterocycles. The molecule has 0 fully saturated rings. The molecule has 1 aromatic carbocycles. The summed E-state index contributed by atoms with van der Waals surface area (Å²) >= 11 is 0. The molecule has 20 heavy (non-hydrogen) atoms. The van der Waals surface area contributed by atoms with Crippen molar-refractivity contribution in [1.29, 1.82) is 0 Å². The summed E-state index contributed by atoms with van der Waals surface area (Å²) in [4.78, 5) is 14.9. The van der Waals surface area contributed by atoms with Crippen molar-refractivity contribution >= 4 is 5.97 Å². The molecule has 0 spiro atoms. The smallest absolute Gasteiger partial charge is 0.307 e. The third kappa shape index (κ3) is 2.70. The lowest BCUT2D eigenvalue weighted by Gasteiger charge is -2.17. The molecule has 4 heteroatoms. The molecule has 0 unspecified atom stereocenters. The van der Waals surface area contributed by atoms with Crippen LogP contribution >= 0.6 is 0 Å². The number of pyridine rings is 1. The molecule has 3 rings (SSSR count). The largest absolute Gasteiger partial charge is 0.481 e. The summed E-state index contributed by atoms with van der Waals surface area (Å²) < 4.78 is 5.43. The Kier molecular flexibility index (Phi) is 3.48. The van der Waals surface area contributed by atoms with Crippen LogP contribution in [0.25, 0.3) is 11.1 Å². The van der Waals surface area contributed by atoms with Crippen molar-refractivity contribution in [3.63, 3.8) is 0 Å². The van der Waals surface area contributed by atoms with E-state index in [0.29, 0.717) is 6.61 Å². The molecule has 1 aliphatic heterocycles. The fourth-order valence-electron chi connectivity index (χ4n) is 2.46. The van der Waals surface area contributed by atoms with Gasteiger partial charge in [-0.25, -0.2) is 0 Å². The Balaban J connectivity index is 1.94. The van der Waals surface area contributed by atoms with E-state index in [-0.39, 0.29) is 6.42 Å². The maximum Gasteiger partial charge on any atom is 0.307 e. The summed E-state index contributed by atoms with van der Waals surface area (Å²) in [6.45, 7) is 1.43. The minimum absolute atomic E-state index is 0.000376. The molecular formula is C16H15NO3. The van der Waals surface area contributed by atoms with Crippen molar-refractivity contribution in [3.05, 3.63) is 53.3 Å². The molecular weight excluding hydrogens is 254 g/mol. The number of fused-ring (bicyclic) bond motifs is 1. The SMILES string of the molecule is O=C(O)Cc1cncc(-c2ccc3c(c2)CCOC3)c1. The predicted molar refractivity (Wildman–Crippen MR) is 74.4 cm³/mol. The Bertz CT molecular complexity index is 652. The molecule has 0 amide bonds. The molecule has 0 aliphatic carbocycles. The second-order valence-electron chi connectivity index (χ2n) is 4.94. The standard InChI is InChI=1S/C16H15NO3/c18-16(19)6-11-5-15(9-17-8-11)12-1-2-14-10-20-4-3-13(14)7-12/h1-2,5,7-9H,3-4,6,10H2,(H,18,19). The lowest BCUT2D eigenvalue weighted by molar-refractivity contribution is -0.136. The predicted octanol–water partition coefficient (Wildman–Crippen LogP) is 2.45. The minimum atomic E-state index is -0.841. The van der Waals surface area contributed by atoms with Crippen LogP contribution < -0.4 is 0 Å². The maximum atomic E-state index is 10.8. The molecule has 0 radical (unpaired) electrons. The molecule has 1 aliphatic rings. The van der Waals surface area contributed by atoms with Crippen LogP contribution in [-0.4, -0.2) is 22.7 Å². The molecule has 1 N–H and O–H groups in total. The van der Waals surface area contributed by atoms with Crippen LogP contribution in [-0.2, 0) is 29.0 Å². The van der Waals surface area contributed by atoms with E-state index in [1.54, 1.807) is 12.4 Å². The number of carboxylic acid groups (broad SMARTS) is 1. The first-order valence-electron chi connectivity index (χ1n) is 6.58. The summed E-state index contributed by atoms with van der Waals surface area (Å²) in [5.74, 6) is -0.841. The molecule has 0 atom stereocenters. The Labute approximate surface area is 117 Å². The zero-order chi connectivity index (χ0) is 13.9. The highest BCUT2D eigenvalue weighted by molar-refractivity contribution is 5.72. The normalized spacial score (nSPS) is 13.8. The number of aromatic nitrogens is 1. The van der Waals surface area contributed by atoms with Gasteiger partial charge in [-0.15, -0.1) is 0 Å². The van der Waals surface area contributed by atoms with Gasteiger partial charge in [0, 0.05) is 18.0 Å². The first-order valence-corrected chi connectivity index (χ1v) is 6.58. The zero-order valence-electron chi connectivity index (χ0n) is 11.0. The molecule has 2 heterocycles. The summed E-state index contributed by atoms with van der Waals surface area (Å²) in [5.41, 5.74) is 5.28. The van der Waals surface area contributed by atoms with Crippen LogP contribution in [0, 0.1) is 0 Å². The van der Waals surface area contributed by atoms with Crippen LogP contribution in [0.2, 0.25) is 0 Å². The number of hydrogen-bond acceptors (Lipinski definition) is 3. The minimum Gasteiger partial charge on any atom is -0.481 e. The van der Waals surface area contributed by atoms with E-state index in [4.69, 9.17) is 9.84 Å². The Morgan fingerprint density at radius 1 is 1.20 bits per heavy atom. The number of carboxylic acids is 1. The van der Waals surface area contributed by atoms with Gasteiger partial charge in [-0.3, -0.25) is 9.78 Å². The van der Waals surface area contributed by atoms with E-state index in [1.165, 1.54) is 11.1 Å². The van der Waals surface area contributed by atoms with E-state index < -0.39 is 5.97 Å². The average molecular weight is 269 g/mol. The summed E-state index contributed by atoms with van der Waals surface area (Å²) in [6.07, 6.45) is 4.29. The third-order valence-electron chi connectivity index (χ3n) is 3.46. The number of hydrogen-bond donors (Lipinski definition) is 1. The van der Waals surface area contributed by atoms with Gasteiger partial charge in [0.25, 0.3) is 0 Å². The lowest BCUT2D eigenvalue weighted by Crippen LogP contribution is -2.09. The van der Waals surface area contributed by atoms with Gasteiger partial charge in [-0.05, 0) is 34.7 Å². The molecule has 0 saturated carbocycles. The number of aliphatic carboxylic acids is 1. The Morgan fingerprint density at radius 3 is 2.95 bits per heavy atom. The van der Waals surface area contributed by atoms with Crippen LogP contribution in [0.15, 0.2) is 36.7 Å². The lowest BCUT2D eigenvalue weighted by atomic mass is 9.97. The third-order valence-corrected chi connectivity index (χ3v) is 3.46. The van der Waals surface area contributed by atoms with Crippen molar-refractivity contribution in [1.82, 2.24) is 4.98 Å². The quantitative estimate of drug-likeness (QED) is 0.929. The van der Waals surface area contributed by atoms with E-state index in [9.17, 15) is 4.79 Å². The number of carbonyl (C=O) groups is 1. The van der Waals surface area contributed by atoms with Gasteiger partial charge >= 0.3 is 5.97 Å². The van der Waals surface area contributed by atoms with E-state index >= 15 is 0 Å². The van der Waals surface area contributed by atoms with Gasteiger partial charge in [0.05, 0.1) is 19.6 Å². The summed E-state index contributed by atoms with van der Waals surface area (Å²) in [7, 11) is 0. The van der Waals surface area contributed by atoms with Crippen LogP contribution in [0.5, 0.6) is 0 Å². The fraction of sp³-hybridized carbons (Fsp3) is 0.250. The van der Waals surface area contributed by atoms with Crippen molar-refractivity contribution in [2.75, 3.05) is 6.61 Å². The number of ether oxygens (including phenoxy) is 1. The molecule has 1 aromatic heterocycles.